The fourth-order valence-corrected chi connectivity index (χ4v) is 1.71. The van der Waals surface area contributed by atoms with Gasteiger partial charge in [0.25, 0.3) is 0 Å². The quantitative estimate of drug-likeness (QED) is 0.638. The molecule has 0 fully saturated rings. The summed E-state index contributed by atoms with van der Waals surface area (Å²) >= 11 is 1.71. The van der Waals surface area contributed by atoms with E-state index in [9.17, 15) is 0 Å². The summed E-state index contributed by atoms with van der Waals surface area (Å²) in [6, 6.07) is 4.11. The first-order valence-electron chi connectivity index (χ1n) is 3.35. The minimum atomic E-state index is 0.611. The number of hydroxylamine groups is 1. The lowest BCUT2D eigenvalue weighted by Gasteiger charge is -2.10. The van der Waals surface area contributed by atoms with Gasteiger partial charge in [0.15, 0.2) is 6.67 Å². The number of anilines is 1. The molecular weight excluding hydrogens is 160 g/mol. The molecule has 0 atom stereocenters. The van der Waals surface area contributed by atoms with Crippen molar-refractivity contribution in [1.29, 1.82) is 0 Å². The predicted molar refractivity (Wildman–Crippen MR) is 46.0 cm³/mol. The van der Waals surface area contributed by atoms with Gasteiger partial charge in [0.2, 0.25) is 6.40 Å². The van der Waals surface area contributed by atoms with Gasteiger partial charge in [-0.05, 0) is 19.1 Å². The number of aliphatic imine (C=N–C) groups is 1. The van der Waals surface area contributed by atoms with Crippen LogP contribution < -0.4 is 5.06 Å². The Bertz CT molecular complexity index is 274. The smallest absolute Gasteiger partial charge is 0.206 e. The van der Waals surface area contributed by atoms with Gasteiger partial charge >= 0.3 is 0 Å². The molecule has 0 unspecified atom stereocenters. The Morgan fingerprint density at radius 1 is 1.64 bits per heavy atom. The van der Waals surface area contributed by atoms with E-state index in [1.54, 1.807) is 16.4 Å². The van der Waals surface area contributed by atoms with Gasteiger partial charge in [-0.25, -0.2) is 4.99 Å². The van der Waals surface area contributed by atoms with Crippen LogP contribution >= 0.6 is 11.3 Å². The van der Waals surface area contributed by atoms with Gasteiger partial charge in [-0.15, -0.1) is 11.3 Å². The Kier molecular flexibility index (Phi) is 1.54. The van der Waals surface area contributed by atoms with E-state index in [0.29, 0.717) is 6.67 Å². The van der Waals surface area contributed by atoms with E-state index in [1.165, 1.54) is 11.3 Å². The second-order valence-electron chi connectivity index (χ2n) is 2.30. The summed E-state index contributed by atoms with van der Waals surface area (Å²) < 4.78 is 0. The van der Waals surface area contributed by atoms with E-state index in [4.69, 9.17) is 4.84 Å². The lowest BCUT2D eigenvalue weighted by atomic mass is 10.5. The number of hydrogen-bond acceptors (Lipinski definition) is 4. The standard InChI is InChI=1S/C7H8N2OS/c1-6-2-3-7(11-6)9-4-8-5-10-9/h2-3,5H,4H2,1H3. The Hall–Kier alpha value is -1.03. The van der Waals surface area contributed by atoms with E-state index < -0.39 is 0 Å². The Morgan fingerprint density at radius 3 is 3.09 bits per heavy atom. The molecule has 58 valence electrons. The van der Waals surface area contributed by atoms with E-state index in [2.05, 4.69) is 18.0 Å². The van der Waals surface area contributed by atoms with Crippen molar-refractivity contribution in [3.63, 3.8) is 0 Å². The fourth-order valence-electron chi connectivity index (χ4n) is 0.908. The molecule has 2 rings (SSSR count). The number of thiophene rings is 1. The highest BCUT2D eigenvalue weighted by Crippen LogP contribution is 2.26. The van der Waals surface area contributed by atoms with Crippen molar-refractivity contribution in [2.45, 2.75) is 6.92 Å². The molecule has 0 spiro atoms. The van der Waals surface area contributed by atoms with Gasteiger partial charge in [-0.1, -0.05) is 0 Å². The van der Waals surface area contributed by atoms with E-state index in [-0.39, 0.29) is 0 Å². The molecule has 1 aliphatic heterocycles. The van der Waals surface area contributed by atoms with E-state index >= 15 is 0 Å². The first kappa shape index (κ1) is 6.67. The third kappa shape index (κ3) is 1.21. The molecule has 1 aliphatic rings. The minimum absolute atomic E-state index is 0.611. The topological polar surface area (TPSA) is 24.8 Å². The summed E-state index contributed by atoms with van der Waals surface area (Å²) in [5.74, 6) is 0. The zero-order valence-corrected chi connectivity index (χ0v) is 6.97. The normalized spacial score (nSPS) is 15.5. The van der Waals surface area contributed by atoms with Crippen molar-refractivity contribution in [1.82, 2.24) is 0 Å². The second kappa shape index (κ2) is 2.54. The summed E-state index contributed by atoms with van der Waals surface area (Å²) in [7, 11) is 0. The Morgan fingerprint density at radius 2 is 2.55 bits per heavy atom. The molecule has 2 heterocycles. The van der Waals surface area contributed by atoms with Crippen LogP contribution in [0.3, 0.4) is 0 Å². The zero-order valence-electron chi connectivity index (χ0n) is 6.15. The van der Waals surface area contributed by atoms with Crippen LogP contribution in [-0.4, -0.2) is 13.1 Å². The van der Waals surface area contributed by atoms with Gasteiger partial charge < -0.3 is 4.84 Å². The molecule has 4 heteroatoms. The molecule has 0 saturated carbocycles. The maximum atomic E-state index is 5.10. The number of nitrogens with zero attached hydrogens (tertiary/aromatic N) is 2. The molecule has 0 N–H and O–H groups in total. The van der Waals surface area contributed by atoms with E-state index in [0.717, 1.165) is 5.00 Å². The summed E-state index contributed by atoms with van der Waals surface area (Å²) in [6.45, 7) is 2.69. The molecule has 0 aromatic carbocycles. The average Bonchev–Trinajstić information content (AvgIpc) is 2.55. The van der Waals surface area contributed by atoms with Crippen molar-refractivity contribution in [3.8, 4) is 0 Å². The molecule has 11 heavy (non-hydrogen) atoms. The molecule has 3 nitrogen and oxygen atoms in total. The molecule has 0 saturated heterocycles. The average molecular weight is 168 g/mol. The molecule has 1 aromatic heterocycles. The third-order valence-corrected chi connectivity index (χ3v) is 2.44. The largest absolute Gasteiger partial charge is 0.365 e. The van der Waals surface area contributed by atoms with Crippen LogP contribution in [0.4, 0.5) is 5.00 Å². The molecule has 0 amide bonds. The Labute approximate surface area is 68.9 Å². The van der Waals surface area contributed by atoms with Crippen LogP contribution in [0.1, 0.15) is 4.88 Å². The van der Waals surface area contributed by atoms with Crippen molar-refractivity contribution in [2.24, 2.45) is 4.99 Å². The van der Waals surface area contributed by atoms with Crippen molar-refractivity contribution in [2.75, 3.05) is 11.7 Å². The van der Waals surface area contributed by atoms with Crippen molar-refractivity contribution < 1.29 is 4.84 Å². The van der Waals surface area contributed by atoms with Gasteiger partial charge in [0.1, 0.15) is 5.00 Å². The maximum Gasteiger partial charge on any atom is 0.206 e. The predicted octanol–water partition coefficient (Wildman–Crippen LogP) is 1.79. The maximum absolute atomic E-state index is 5.10. The summed E-state index contributed by atoms with van der Waals surface area (Å²) in [5.41, 5.74) is 0. The summed E-state index contributed by atoms with van der Waals surface area (Å²) in [6.07, 6.45) is 1.47. The van der Waals surface area contributed by atoms with Gasteiger partial charge in [0, 0.05) is 4.88 Å². The highest BCUT2D eigenvalue weighted by molar-refractivity contribution is 7.16. The van der Waals surface area contributed by atoms with E-state index in [1.807, 2.05) is 6.07 Å². The fraction of sp³-hybridized carbons (Fsp3) is 0.286. The highest BCUT2D eigenvalue weighted by Gasteiger charge is 2.11. The third-order valence-electron chi connectivity index (χ3n) is 1.43. The second-order valence-corrected chi connectivity index (χ2v) is 3.56. The van der Waals surface area contributed by atoms with Crippen molar-refractivity contribution in [3.05, 3.63) is 17.0 Å². The van der Waals surface area contributed by atoms with Crippen LogP contribution in [0.2, 0.25) is 0 Å². The first-order chi connectivity index (χ1) is 5.36. The van der Waals surface area contributed by atoms with Crippen LogP contribution in [0.15, 0.2) is 17.1 Å². The molecule has 0 radical (unpaired) electrons. The molecule has 1 aromatic rings. The van der Waals surface area contributed by atoms with Crippen LogP contribution in [0, 0.1) is 6.92 Å². The van der Waals surface area contributed by atoms with Gasteiger partial charge in [-0.3, -0.25) is 0 Å². The first-order valence-corrected chi connectivity index (χ1v) is 4.17. The lowest BCUT2D eigenvalue weighted by molar-refractivity contribution is 0.314. The SMILES string of the molecule is Cc1ccc(N2CN=CO2)s1. The monoisotopic (exact) mass is 168 g/mol. The van der Waals surface area contributed by atoms with Crippen LogP contribution in [0.5, 0.6) is 0 Å². The zero-order chi connectivity index (χ0) is 7.68. The van der Waals surface area contributed by atoms with Crippen LogP contribution in [0.25, 0.3) is 0 Å². The van der Waals surface area contributed by atoms with Crippen molar-refractivity contribution >= 4 is 22.7 Å². The minimum Gasteiger partial charge on any atom is -0.365 e. The van der Waals surface area contributed by atoms with Gasteiger partial charge in [0.05, 0.1) is 0 Å². The summed E-state index contributed by atoms with van der Waals surface area (Å²) in [4.78, 5) is 10.3. The number of hydrogen-bond donors (Lipinski definition) is 0. The molecule has 0 aliphatic carbocycles. The van der Waals surface area contributed by atoms with Gasteiger partial charge in [-0.2, -0.15) is 5.06 Å². The molecular formula is C7H8N2OS. The molecule has 0 bridgehead atoms. The lowest BCUT2D eigenvalue weighted by Crippen LogP contribution is -2.15. The summed E-state index contributed by atoms with van der Waals surface area (Å²) in [5, 5.41) is 2.87. The number of aryl methyl sites for hydroxylation is 1. The number of rotatable bonds is 1. The highest BCUT2D eigenvalue weighted by atomic mass is 32.1. The van der Waals surface area contributed by atoms with Crippen LogP contribution in [-0.2, 0) is 4.84 Å². The Balaban J connectivity index is 2.17.